The lowest BCUT2D eigenvalue weighted by Gasteiger charge is -2.43. The van der Waals surface area contributed by atoms with E-state index in [0.717, 1.165) is 11.8 Å². The van der Waals surface area contributed by atoms with E-state index < -0.39 is 52.0 Å². The third kappa shape index (κ3) is 3.47. The second-order valence-corrected chi connectivity index (χ2v) is 8.90. The summed E-state index contributed by atoms with van der Waals surface area (Å²) in [4.78, 5) is 47.3. The summed E-state index contributed by atoms with van der Waals surface area (Å²) in [6.07, 6.45) is 0. The molecule has 2 amide bonds. The van der Waals surface area contributed by atoms with E-state index in [1.54, 1.807) is 13.8 Å². The minimum Gasteiger partial charge on any atom is -0.480 e. The average Bonchev–Trinajstić information content (AvgIpc) is 2.73. The topological polar surface area (TPSA) is 150 Å². The number of aliphatic carboxylic acids is 2. The van der Waals surface area contributed by atoms with Gasteiger partial charge >= 0.3 is 11.9 Å². The summed E-state index contributed by atoms with van der Waals surface area (Å²) < 4.78 is -0.644. The zero-order chi connectivity index (χ0) is 18.2. The SMILES string of the molecule is CC1(C)S[C@@H]2[C@H](NC(=O)CSC[C@H](N)C(=O)O)C(=O)N2[C@H]1C(=O)O. The molecule has 4 atom stereocenters. The molecule has 11 heteroatoms. The number of nitrogens with two attached hydrogens (primary N) is 1. The van der Waals surface area contributed by atoms with Gasteiger partial charge < -0.3 is 26.2 Å². The monoisotopic (exact) mass is 377 g/mol. The maximum Gasteiger partial charge on any atom is 0.327 e. The number of thioether (sulfide) groups is 2. The second kappa shape index (κ2) is 6.81. The van der Waals surface area contributed by atoms with Crippen molar-refractivity contribution in [3.8, 4) is 0 Å². The molecular formula is C13H19N3O6S2. The Morgan fingerprint density at radius 2 is 2.04 bits per heavy atom. The van der Waals surface area contributed by atoms with Gasteiger partial charge in [0.15, 0.2) is 0 Å². The van der Waals surface area contributed by atoms with E-state index in [2.05, 4.69) is 5.32 Å². The Morgan fingerprint density at radius 3 is 2.58 bits per heavy atom. The maximum atomic E-state index is 12.2. The molecule has 0 spiro atoms. The number of fused-ring (bicyclic) bond motifs is 1. The van der Waals surface area contributed by atoms with Gasteiger partial charge in [-0.2, -0.15) is 0 Å². The summed E-state index contributed by atoms with van der Waals surface area (Å²) in [5.41, 5.74) is 5.34. The normalized spacial score (nSPS) is 28.7. The van der Waals surface area contributed by atoms with Crippen molar-refractivity contribution in [2.45, 2.75) is 42.1 Å². The van der Waals surface area contributed by atoms with Crippen LogP contribution in [0.3, 0.4) is 0 Å². The van der Waals surface area contributed by atoms with E-state index in [-0.39, 0.29) is 11.5 Å². The molecule has 2 heterocycles. The molecule has 2 rings (SSSR count). The first-order chi connectivity index (χ1) is 11.1. The molecule has 0 saturated carbocycles. The van der Waals surface area contributed by atoms with Crippen molar-refractivity contribution in [2.75, 3.05) is 11.5 Å². The average molecular weight is 377 g/mol. The molecule has 0 aromatic rings. The molecule has 0 aliphatic carbocycles. The highest BCUT2D eigenvalue weighted by Crippen LogP contribution is 2.50. The minimum absolute atomic E-state index is 0.0199. The molecule has 2 fully saturated rings. The van der Waals surface area contributed by atoms with Gasteiger partial charge in [0.2, 0.25) is 11.8 Å². The molecular weight excluding hydrogens is 358 g/mol. The number of hydrogen-bond donors (Lipinski definition) is 4. The maximum absolute atomic E-state index is 12.2. The van der Waals surface area contributed by atoms with Gasteiger partial charge in [-0.15, -0.1) is 23.5 Å². The molecule has 0 aromatic carbocycles. The number of hydrogen-bond acceptors (Lipinski definition) is 7. The lowest BCUT2D eigenvalue weighted by molar-refractivity contribution is -0.160. The Morgan fingerprint density at radius 1 is 1.42 bits per heavy atom. The van der Waals surface area contributed by atoms with Gasteiger partial charge in [-0.3, -0.25) is 14.4 Å². The fourth-order valence-corrected chi connectivity index (χ4v) is 5.12. The van der Waals surface area contributed by atoms with Crippen molar-refractivity contribution >= 4 is 47.3 Å². The number of rotatable bonds is 7. The standard InChI is InChI=1S/C13H19N3O6S2/c1-13(2)8(12(21)22)16-9(18)7(10(16)24-13)15-6(17)4-23-3-5(14)11(19)20/h5,7-8,10H,3-4,14H2,1-2H3,(H,15,17)(H,19,20)(H,21,22)/t5-,7+,8-,10+/m0/s1. The lowest BCUT2D eigenvalue weighted by atomic mass is 9.96. The van der Waals surface area contributed by atoms with E-state index in [9.17, 15) is 24.3 Å². The van der Waals surface area contributed by atoms with Gasteiger partial charge in [0.25, 0.3) is 0 Å². The van der Waals surface area contributed by atoms with Gasteiger partial charge in [-0.1, -0.05) is 0 Å². The fourth-order valence-electron chi connectivity index (χ4n) is 2.71. The third-order valence-corrected chi connectivity index (χ3v) is 6.47. The van der Waals surface area contributed by atoms with E-state index in [0.29, 0.717) is 0 Å². The van der Waals surface area contributed by atoms with E-state index in [1.165, 1.54) is 16.7 Å². The Hall–Kier alpha value is -1.46. The predicted octanol–water partition coefficient (Wildman–Crippen LogP) is -1.24. The van der Waals surface area contributed by atoms with Crippen LogP contribution in [0.25, 0.3) is 0 Å². The van der Waals surface area contributed by atoms with Crippen LogP contribution in [0.1, 0.15) is 13.8 Å². The number of amides is 2. The number of β-lactam (4-membered cyclic amide) rings is 1. The summed E-state index contributed by atoms with van der Waals surface area (Å²) in [6.45, 7) is 3.51. The van der Waals surface area contributed by atoms with Crippen LogP contribution >= 0.6 is 23.5 Å². The van der Waals surface area contributed by atoms with Crippen LogP contribution in [-0.2, 0) is 19.2 Å². The van der Waals surface area contributed by atoms with Crippen molar-refractivity contribution in [2.24, 2.45) is 5.73 Å². The number of carbonyl (C=O) groups excluding carboxylic acids is 2. The Bertz CT molecular complexity index is 584. The molecule has 9 nitrogen and oxygen atoms in total. The van der Waals surface area contributed by atoms with Crippen LogP contribution in [0.15, 0.2) is 0 Å². The summed E-state index contributed by atoms with van der Waals surface area (Å²) in [6, 6.07) is -2.72. The van der Waals surface area contributed by atoms with E-state index >= 15 is 0 Å². The third-order valence-electron chi connectivity index (χ3n) is 3.84. The Kier molecular flexibility index (Phi) is 5.35. The lowest BCUT2D eigenvalue weighted by Crippen LogP contribution is -2.70. The molecule has 24 heavy (non-hydrogen) atoms. The zero-order valence-electron chi connectivity index (χ0n) is 13.1. The molecule has 2 aliphatic heterocycles. The summed E-state index contributed by atoms with van der Waals surface area (Å²) >= 11 is 2.41. The number of carbonyl (C=O) groups is 4. The zero-order valence-corrected chi connectivity index (χ0v) is 14.7. The van der Waals surface area contributed by atoms with Crippen LogP contribution in [-0.4, -0.2) is 78.6 Å². The highest BCUT2D eigenvalue weighted by molar-refractivity contribution is 8.01. The number of carboxylic acid groups (broad SMARTS) is 2. The highest BCUT2D eigenvalue weighted by atomic mass is 32.2. The first-order valence-corrected chi connectivity index (χ1v) is 9.18. The number of carboxylic acids is 2. The van der Waals surface area contributed by atoms with Crippen LogP contribution < -0.4 is 11.1 Å². The first kappa shape index (κ1) is 18.9. The molecule has 2 aliphatic rings. The Balaban J connectivity index is 1.87. The summed E-state index contributed by atoms with van der Waals surface area (Å²) in [5.74, 6) is -2.96. The molecule has 0 bridgehead atoms. The fraction of sp³-hybridized carbons (Fsp3) is 0.692. The summed E-state index contributed by atoms with van der Waals surface area (Å²) in [7, 11) is 0. The minimum atomic E-state index is -1.14. The van der Waals surface area contributed by atoms with Gasteiger partial charge in [0.1, 0.15) is 23.5 Å². The molecule has 0 aromatic heterocycles. The van der Waals surface area contributed by atoms with Gasteiger partial charge in [-0.05, 0) is 13.8 Å². The van der Waals surface area contributed by atoms with Crippen molar-refractivity contribution in [3.05, 3.63) is 0 Å². The molecule has 5 N–H and O–H groups in total. The van der Waals surface area contributed by atoms with Crippen molar-refractivity contribution in [3.63, 3.8) is 0 Å². The number of nitrogens with zero attached hydrogens (tertiary/aromatic N) is 1. The smallest absolute Gasteiger partial charge is 0.327 e. The first-order valence-electron chi connectivity index (χ1n) is 7.14. The van der Waals surface area contributed by atoms with Gasteiger partial charge in [-0.25, -0.2) is 4.79 Å². The molecule has 0 radical (unpaired) electrons. The second-order valence-electron chi connectivity index (χ2n) is 6.10. The van der Waals surface area contributed by atoms with Gasteiger partial charge in [0, 0.05) is 10.5 Å². The van der Waals surface area contributed by atoms with Gasteiger partial charge in [0.05, 0.1) is 5.75 Å². The quantitative estimate of drug-likeness (QED) is 0.400. The largest absolute Gasteiger partial charge is 0.480 e. The summed E-state index contributed by atoms with van der Waals surface area (Å²) in [5, 5.41) is 20.2. The van der Waals surface area contributed by atoms with Crippen LogP contribution in [0, 0.1) is 0 Å². The molecule has 2 saturated heterocycles. The Labute approximate surface area is 146 Å². The van der Waals surface area contributed by atoms with Crippen molar-refractivity contribution < 1.29 is 29.4 Å². The molecule has 0 unspecified atom stereocenters. The van der Waals surface area contributed by atoms with E-state index in [1.807, 2.05) is 0 Å². The van der Waals surface area contributed by atoms with Crippen LogP contribution in [0.2, 0.25) is 0 Å². The van der Waals surface area contributed by atoms with E-state index in [4.69, 9.17) is 10.8 Å². The number of nitrogens with one attached hydrogen (secondary N) is 1. The predicted molar refractivity (Wildman–Crippen MR) is 88.6 cm³/mol. The van der Waals surface area contributed by atoms with Crippen LogP contribution in [0.5, 0.6) is 0 Å². The molecule has 134 valence electrons. The van der Waals surface area contributed by atoms with Crippen LogP contribution in [0.4, 0.5) is 0 Å². The highest BCUT2D eigenvalue weighted by Gasteiger charge is 2.64. The van der Waals surface area contributed by atoms with Crippen molar-refractivity contribution in [1.82, 2.24) is 10.2 Å². The van der Waals surface area contributed by atoms with Crippen molar-refractivity contribution in [1.29, 1.82) is 0 Å².